The molecule has 0 fully saturated rings. The Kier molecular flexibility index (Phi) is 3.07. The molecule has 1 aliphatic carbocycles. The van der Waals surface area contributed by atoms with E-state index in [1.165, 1.54) is 0 Å². The Hall–Kier alpha value is -2.75. The van der Waals surface area contributed by atoms with E-state index in [9.17, 15) is 4.79 Å². The monoisotopic (exact) mass is 289 g/mol. The molecule has 2 heterocycles. The Balaban J connectivity index is 1.85. The van der Waals surface area contributed by atoms with E-state index in [0.717, 1.165) is 52.7 Å². The first-order valence-corrected chi connectivity index (χ1v) is 7.45. The van der Waals surface area contributed by atoms with Gasteiger partial charge in [-0.05, 0) is 43.0 Å². The number of fused-ring (bicyclic) bond motifs is 2. The molecule has 4 heteroatoms. The summed E-state index contributed by atoms with van der Waals surface area (Å²) in [5.41, 5.74) is 4.59. The highest BCUT2D eigenvalue weighted by atomic mass is 16.1. The van der Waals surface area contributed by atoms with Crippen LogP contribution in [0, 0.1) is 0 Å². The summed E-state index contributed by atoms with van der Waals surface area (Å²) >= 11 is 0. The standard InChI is InChI=1S/C18H15N3O/c22-18(20-12-8-10-19-11-9-12)17-13-4-1-2-6-15(13)21-16-7-3-5-14(16)17/h1-2,4,6,8-11H,3,5,7H2,(H,19,20,22). The predicted molar refractivity (Wildman–Crippen MR) is 86.0 cm³/mol. The lowest BCUT2D eigenvalue weighted by Gasteiger charge is -2.12. The Bertz CT molecular complexity index is 859. The summed E-state index contributed by atoms with van der Waals surface area (Å²) in [5, 5.41) is 3.90. The van der Waals surface area contributed by atoms with Gasteiger partial charge in [0.05, 0.1) is 11.1 Å². The van der Waals surface area contributed by atoms with Gasteiger partial charge in [-0.15, -0.1) is 0 Å². The number of pyridine rings is 2. The summed E-state index contributed by atoms with van der Waals surface area (Å²) in [4.78, 5) is 21.5. The Morgan fingerprint density at radius 2 is 1.86 bits per heavy atom. The molecule has 0 radical (unpaired) electrons. The molecule has 0 atom stereocenters. The minimum atomic E-state index is -0.0667. The average molecular weight is 289 g/mol. The molecular weight excluding hydrogens is 274 g/mol. The van der Waals surface area contributed by atoms with Crippen molar-refractivity contribution in [2.24, 2.45) is 0 Å². The molecule has 0 saturated carbocycles. The number of nitrogens with one attached hydrogen (secondary N) is 1. The fourth-order valence-electron chi connectivity index (χ4n) is 3.10. The van der Waals surface area contributed by atoms with Crippen LogP contribution in [0.4, 0.5) is 5.69 Å². The van der Waals surface area contributed by atoms with E-state index in [0.29, 0.717) is 0 Å². The van der Waals surface area contributed by atoms with Crippen molar-refractivity contribution in [2.45, 2.75) is 19.3 Å². The molecule has 0 saturated heterocycles. The third-order valence-electron chi connectivity index (χ3n) is 4.08. The first-order chi connectivity index (χ1) is 10.8. The van der Waals surface area contributed by atoms with Crippen LogP contribution in [-0.4, -0.2) is 15.9 Å². The highest BCUT2D eigenvalue weighted by Gasteiger charge is 2.23. The summed E-state index contributed by atoms with van der Waals surface area (Å²) in [5.74, 6) is -0.0667. The lowest BCUT2D eigenvalue weighted by molar-refractivity contribution is 0.102. The SMILES string of the molecule is O=C(Nc1ccncc1)c1c2c(nc3ccccc13)CCC2. The molecule has 4 rings (SSSR count). The predicted octanol–water partition coefficient (Wildman–Crippen LogP) is 3.37. The molecule has 0 unspecified atom stereocenters. The molecule has 2 aromatic heterocycles. The number of nitrogens with zero attached hydrogens (tertiary/aromatic N) is 2. The van der Waals surface area contributed by atoms with Crippen molar-refractivity contribution < 1.29 is 4.79 Å². The maximum Gasteiger partial charge on any atom is 0.256 e. The molecule has 1 amide bonds. The van der Waals surface area contributed by atoms with Crippen molar-refractivity contribution in [3.05, 3.63) is 65.6 Å². The van der Waals surface area contributed by atoms with Crippen LogP contribution in [0.2, 0.25) is 0 Å². The molecular formula is C18H15N3O. The highest BCUT2D eigenvalue weighted by Crippen LogP contribution is 2.30. The zero-order valence-electron chi connectivity index (χ0n) is 12.0. The van der Waals surface area contributed by atoms with E-state index in [2.05, 4.69) is 10.3 Å². The number of carbonyl (C=O) groups is 1. The Morgan fingerprint density at radius 3 is 2.73 bits per heavy atom. The zero-order chi connectivity index (χ0) is 14.9. The highest BCUT2D eigenvalue weighted by molar-refractivity contribution is 6.13. The Morgan fingerprint density at radius 1 is 1.05 bits per heavy atom. The summed E-state index contributed by atoms with van der Waals surface area (Å²) in [6, 6.07) is 11.4. The molecule has 108 valence electrons. The number of hydrogen-bond acceptors (Lipinski definition) is 3. The Labute approximate surface area is 128 Å². The van der Waals surface area contributed by atoms with Crippen LogP contribution in [0.15, 0.2) is 48.8 Å². The molecule has 4 nitrogen and oxygen atoms in total. The van der Waals surface area contributed by atoms with Crippen LogP contribution in [0.5, 0.6) is 0 Å². The number of benzene rings is 1. The zero-order valence-corrected chi connectivity index (χ0v) is 12.0. The summed E-state index contributed by atoms with van der Waals surface area (Å²) in [6.45, 7) is 0. The van der Waals surface area contributed by atoms with Crippen molar-refractivity contribution in [1.82, 2.24) is 9.97 Å². The van der Waals surface area contributed by atoms with E-state index in [-0.39, 0.29) is 5.91 Å². The van der Waals surface area contributed by atoms with Gasteiger partial charge in [0.25, 0.3) is 5.91 Å². The third-order valence-corrected chi connectivity index (χ3v) is 4.08. The van der Waals surface area contributed by atoms with Crippen molar-refractivity contribution >= 4 is 22.5 Å². The van der Waals surface area contributed by atoms with E-state index in [1.54, 1.807) is 24.5 Å². The van der Waals surface area contributed by atoms with E-state index < -0.39 is 0 Å². The van der Waals surface area contributed by atoms with E-state index >= 15 is 0 Å². The van der Waals surface area contributed by atoms with Crippen molar-refractivity contribution in [2.75, 3.05) is 5.32 Å². The van der Waals surface area contributed by atoms with Gasteiger partial charge in [0.1, 0.15) is 0 Å². The average Bonchev–Trinajstić information content (AvgIpc) is 3.01. The van der Waals surface area contributed by atoms with Crippen LogP contribution in [0.1, 0.15) is 28.0 Å². The lowest BCUT2D eigenvalue weighted by Crippen LogP contribution is -2.15. The van der Waals surface area contributed by atoms with E-state index in [1.807, 2.05) is 24.3 Å². The van der Waals surface area contributed by atoms with Gasteiger partial charge in [-0.3, -0.25) is 14.8 Å². The normalized spacial score (nSPS) is 13.1. The number of para-hydroxylation sites is 1. The quantitative estimate of drug-likeness (QED) is 0.787. The number of anilines is 1. The third kappa shape index (κ3) is 2.13. The minimum absolute atomic E-state index is 0.0667. The summed E-state index contributed by atoms with van der Waals surface area (Å²) < 4.78 is 0. The van der Waals surface area contributed by atoms with Gasteiger partial charge in [-0.25, -0.2) is 0 Å². The molecule has 0 bridgehead atoms. The van der Waals surface area contributed by atoms with Gasteiger partial charge in [0.15, 0.2) is 0 Å². The maximum absolute atomic E-state index is 12.8. The smallest absolute Gasteiger partial charge is 0.256 e. The molecule has 1 N–H and O–H groups in total. The van der Waals surface area contributed by atoms with Crippen LogP contribution in [0.3, 0.4) is 0 Å². The van der Waals surface area contributed by atoms with Crippen molar-refractivity contribution in [3.8, 4) is 0 Å². The van der Waals surface area contributed by atoms with Crippen molar-refractivity contribution in [1.29, 1.82) is 0 Å². The molecule has 1 aliphatic rings. The second-order valence-corrected chi connectivity index (χ2v) is 5.47. The summed E-state index contributed by atoms with van der Waals surface area (Å²) in [7, 11) is 0. The van der Waals surface area contributed by atoms with Gasteiger partial charge < -0.3 is 5.32 Å². The number of aromatic nitrogens is 2. The molecule has 1 aromatic carbocycles. The lowest BCUT2D eigenvalue weighted by atomic mass is 10.0. The number of amides is 1. The second kappa shape index (κ2) is 5.22. The van der Waals surface area contributed by atoms with Gasteiger partial charge in [-0.2, -0.15) is 0 Å². The van der Waals surface area contributed by atoms with Gasteiger partial charge in [0, 0.05) is 29.2 Å². The van der Waals surface area contributed by atoms with Crippen LogP contribution in [-0.2, 0) is 12.8 Å². The minimum Gasteiger partial charge on any atom is -0.322 e. The first kappa shape index (κ1) is 13.0. The second-order valence-electron chi connectivity index (χ2n) is 5.47. The fraction of sp³-hybridized carbons (Fsp3) is 0.167. The topological polar surface area (TPSA) is 54.9 Å². The number of rotatable bonds is 2. The molecule has 22 heavy (non-hydrogen) atoms. The van der Waals surface area contributed by atoms with E-state index in [4.69, 9.17) is 4.98 Å². The van der Waals surface area contributed by atoms with Gasteiger partial charge in [-0.1, -0.05) is 18.2 Å². The number of carbonyl (C=O) groups excluding carboxylic acids is 1. The van der Waals surface area contributed by atoms with Crippen molar-refractivity contribution in [3.63, 3.8) is 0 Å². The van der Waals surface area contributed by atoms with Crippen LogP contribution >= 0.6 is 0 Å². The fourth-order valence-corrected chi connectivity index (χ4v) is 3.10. The van der Waals surface area contributed by atoms with Gasteiger partial charge >= 0.3 is 0 Å². The number of hydrogen-bond donors (Lipinski definition) is 1. The molecule has 0 spiro atoms. The largest absolute Gasteiger partial charge is 0.322 e. The summed E-state index contributed by atoms with van der Waals surface area (Å²) in [6.07, 6.45) is 6.28. The molecule has 3 aromatic rings. The first-order valence-electron chi connectivity index (χ1n) is 7.45. The van der Waals surface area contributed by atoms with Crippen LogP contribution < -0.4 is 5.32 Å². The van der Waals surface area contributed by atoms with Gasteiger partial charge in [0.2, 0.25) is 0 Å². The van der Waals surface area contributed by atoms with Crippen LogP contribution in [0.25, 0.3) is 10.9 Å². The maximum atomic E-state index is 12.8. The number of aryl methyl sites for hydroxylation is 1. The molecule has 0 aliphatic heterocycles.